The zero-order valence-corrected chi connectivity index (χ0v) is 13.8. The molecule has 0 amide bonds. The van der Waals surface area contributed by atoms with E-state index in [1.807, 2.05) is 49.4 Å². The number of ether oxygens (including phenoxy) is 1. The van der Waals surface area contributed by atoms with Gasteiger partial charge in [0.25, 0.3) is 0 Å². The molecule has 22 heavy (non-hydrogen) atoms. The van der Waals surface area contributed by atoms with Crippen LogP contribution in [0.3, 0.4) is 0 Å². The molecule has 1 aromatic carbocycles. The van der Waals surface area contributed by atoms with Crippen LogP contribution in [0.25, 0.3) is 23.1 Å². The zero-order valence-electron chi connectivity index (χ0n) is 12.2. The van der Waals surface area contributed by atoms with Crippen molar-refractivity contribution < 1.29 is 4.74 Å². The van der Waals surface area contributed by atoms with Gasteiger partial charge in [0.2, 0.25) is 0 Å². The van der Waals surface area contributed by atoms with Gasteiger partial charge in [-0.1, -0.05) is 6.07 Å². The topological polar surface area (TPSA) is 47.9 Å². The van der Waals surface area contributed by atoms with Gasteiger partial charge in [-0.25, -0.2) is 15.0 Å². The summed E-state index contributed by atoms with van der Waals surface area (Å²) in [5.41, 5.74) is 2.70. The molecule has 3 rings (SSSR count). The number of rotatable bonds is 3. The number of hydrogen-bond donors (Lipinski definition) is 0. The van der Waals surface area contributed by atoms with Crippen molar-refractivity contribution in [3.63, 3.8) is 0 Å². The van der Waals surface area contributed by atoms with Crippen molar-refractivity contribution >= 4 is 39.0 Å². The molecule has 2 aromatic heterocycles. The van der Waals surface area contributed by atoms with Crippen LogP contribution in [-0.2, 0) is 0 Å². The molecular formula is C17H14BrN3O. The molecule has 0 aliphatic rings. The van der Waals surface area contributed by atoms with E-state index >= 15 is 0 Å². The fourth-order valence-corrected chi connectivity index (χ4v) is 2.59. The maximum Gasteiger partial charge on any atom is 0.152 e. The Labute approximate surface area is 137 Å². The Balaban J connectivity index is 1.95. The van der Waals surface area contributed by atoms with Crippen LogP contribution in [0.1, 0.15) is 17.2 Å². The van der Waals surface area contributed by atoms with Crippen molar-refractivity contribution in [2.75, 3.05) is 7.11 Å². The summed E-state index contributed by atoms with van der Waals surface area (Å²) in [4.78, 5) is 13.2. The Morgan fingerprint density at radius 2 is 1.95 bits per heavy atom. The maximum absolute atomic E-state index is 5.29. The number of aromatic nitrogens is 3. The van der Waals surface area contributed by atoms with Crippen molar-refractivity contribution in [3.05, 3.63) is 58.2 Å². The number of nitrogens with zero attached hydrogens (tertiary/aromatic N) is 3. The fourth-order valence-electron chi connectivity index (χ4n) is 2.10. The van der Waals surface area contributed by atoms with Crippen LogP contribution in [0.15, 0.2) is 41.0 Å². The van der Waals surface area contributed by atoms with Gasteiger partial charge in [0.05, 0.1) is 22.8 Å². The first-order valence-electron chi connectivity index (χ1n) is 6.78. The summed E-state index contributed by atoms with van der Waals surface area (Å²) in [6.07, 6.45) is 5.52. The summed E-state index contributed by atoms with van der Waals surface area (Å²) in [7, 11) is 1.65. The van der Waals surface area contributed by atoms with Crippen LogP contribution < -0.4 is 4.74 Å². The van der Waals surface area contributed by atoms with E-state index in [-0.39, 0.29) is 0 Å². The largest absolute Gasteiger partial charge is 0.496 e. The van der Waals surface area contributed by atoms with Crippen LogP contribution in [0, 0.1) is 6.92 Å². The van der Waals surface area contributed by atoms with Crippen LogP contribution >= 0.6 is 15.9 Å². The highest BCUT2D eigenvalue weighted by molar-refractivity contribution is 9.10. The van der Waals surface area contributed by atoms with Crippen molar-refractivity contribution in [2.24, 2.45) is 0 Å². The first kappa shape index (κ1) is 14.7. The van der Waals surface area contributed by atoms with Gasteiger partial charge in [-0.2, -0.15) is 0 Å². The van der Waals surface area contributed by atoms with Gasteiger partial charge in [0, 0.05) is 17.3 Å². The number of aryl methyl sites for hydroxylation is 1. The highest BCUT2D eigenvalue weighted by atomic mass is 79.9. The number of benzene rings is 1. The summed E-state index contributed by atoms with van der Waals surface area (Å²) < 4.78 is 6.18. The van der Waals surface area contributed by atoms with Gasteiger partial charge in [-0.3, -0.25) is 0 Å². The lowest BCUT2D eigenvalue weighted by molar-refractivity contribution is 0.413. The molecule has 0 unspecified atom stereocenters. The predicted molar refractivity (Wildman–Crippen MR) is 91.7 cm³/mol. The molecule has 110 valence electrons. The van der Waals surface area contributed by atoms with Crippen LogP contribution in [0.5, 0.6) is 5.75 Å². The average molecular weight is 356 g/mol. The molecule has 0 atom stereocenters. The first-order chi connectivity index (χ1) is 10.7. The minimum Gasteiger partial charge on any atom is -0.496 e. The third-order valence-corrected chi connectivity index (χ3v) is 3.82. The van der Waals surface area contributed by atoms with Crippen molar-refractivity contribution in [3.8, 4) is 5.75 Å². The molecule has 0 fully saturated rings. The maximum atomic E-state index is 5.29. The second kappa shape index (κ2) is 6.23. The van der Waals surface area contributed by atoms with Gasteiger partial charge < -0.3 is 4.74 Å². The van der Waals surface area contributed by atoms with Crippen molar-refractivity contribution in [1.29, 1.82) is 0 Å². The van der Waals surface area contributed by atoms with E-state index in [2.05, 4.69) is 30.9 Å². The van der Waals surface area contributed by atoms with E-state index in [9.17, 15) is 0 Å². The highest BCUT2D eigenvalue weighted by Gasteiger charge is 2.04. The predicted octanol–water partition coefficient (Wildman–Crippen LogP) is 4.27. The van der Waals surface area contributed by atoms with Crippen LogP contribution in [-0.4, -0.2) is 22.1 Å². The SMILES string of the molecule is COc1cc2ccc(C=Cc3nccc(C)n3)nc2cc1Br. The Morgan fingerprint density at radius 3 is 2.73 bits per heavy atom. The summed E-state index contributed by atoms with van der Waals surface area (Å²) in [6, 6.07) is 9.77. The molecule has 3 aromatic rings. The third-order valence-electron chi connectivity index (χ3n) is 3.20. The van der Waals surface area contributed by atoms with E-state index < -0.39 is 0 Å². The number of pyridine rings is 1. The number of hydrogen-bond acceptors (Lipinski definition) is 4. The Hall–Kier alpha value is -2.27. The minimum absolute atomic E-state index is 0.679. The third kappa shape index (κ3) is 3.14. The quantitative estimate of drug-likeness (QED) is 0.703. The van der Waals surface area contributed by atoms with Crippen LogP contribution in [0.4, 0.5) is 0 Å². The lowest BCUT2D eigenvalue weighted by Crippen LogP contribution is -1.90. The van der Waals surface area contributed by atoms with Gasteiger partial charge in [0.15, 0.2) is 5.82 Å². The molecule has 2 heterocycles. The molecule has 0 saturated carbocycles. The zero-order chi connectivity index (χ0) is 15.5. The molecule has 0 bridgehead atoms. The van der Waals surface area contributed by atoms with Gasteiger partial charge in [0.1, 0.15) is 5.75 Å². The minimum atomic E-state index is 0.679. The molecule has 0 radical (unpaired) electrons. The standard InChI is InChI=1S/C17H14BrN3O/c1-11-7-8-19-17(20-11)6-5-13-4-3-12-9-16(22-2)14(18)10-15(12)21-13/h3-10H,1-2H3. The van der Waals surface area contributed by atoms with Gasteiger partial charge in [-0.05, 0) is 59.3 Å². The monoisotopic (exact) mass is 355 g/mol. The van der Waals surface area contributed by atoms with E-state index in [0.29, 0.717) is 5.82 Å². The molecule has 0 aliphatic heterocycles. The van der Waals surface area contributed by atoms with E-state index in [1.165, 1.54) is 0 Å². The molecule has 5 heteroatoms. The van der Waals surface area contributed by atoms with Gasteiger partial charge >= 0.3 is 0 Å². The number of fused-ring (bicyclic) bond motifs is 1. The fraction of sp³-hybridized carbons (Fsp3) is 0.118. The van der Waals surface area contributed by atoms with E-state index in [1.54, 1.807) is 13.3 Å². The normalized spacial score (nSPS) is 11.2. The second-order valence-electron chi connectivity index (χ2n) is 4.81. The molecule has 0 saturated heterocycles. The van der Waals surface area contributed by atoms with E-state index in [4.69, 9.17) is 4.74 Å². The Bertz CT molecular complexity index is 862. The smallest absolute Gasteiger partial charge is 0.152 e. The highest BCUT2D eigenvalue weighted by Crippen LogP contribution is 2.29. The lowest BCUT2D eigenvalue weighted by Gasteiger charge is -2.05. The molecule has 0 spiro atoms. The molecule has 0 aliphatic carbocycles. The number of methoxy groups -OCH3 is 1. The lowest BCUT2D eigenvalue weighted by atomic mass is 10.2. The molecule has 4 nitrogen and oxygen atoms in total. The summed E-state index contributed by atoms with van der Waals surface area (Å²) in [5.74, 6) is 1.48. The molecular weight excluding hydrogens is 342 g/mol. The summed E-state index contributed by atoms with van der Waals surface area (Å²) in [5, 5.41) is 1.03. The van der Waals surface area contributed by atoms with Crippen molar-refractivity contribution in [1.82, 2.24) is 15.0 Å². The Kier molecular flexibility index (Phi) is 4.15. The van der Waals surface area contributed by atoms with Gasteiger partial charge in [-0.15, -0.1) is 0 Å². The second-order valence-corrected chi connectivity index (χ2v) is 5.66. The first-order valence-corrected chi connectivity index (χ1v) is 7.57. The molecule has 0 N–H and O–H groups in total. The average Bonchev–Trinajstić information content (AvgIpc) is 2.52. The summed E-state index contributed by atoms with van der Waals surface area (Å²) >= 11 is 3.48. The summed E-state index contributed by atoms with van der Waals surface area (Å²) in [6.45, 7) is 1.94. The Morgan fingerprint density at radius 1 is 1.09 bits per heavy atom. The van der Waals surface area contributed by atoms with Crippen LogP contribution in [0.2, 0.25) is 0 Å². The number of halogens is 1. The van der Waals surface area contributed by atoms with Crippen molar-refractivity contribution in [2.45, 2.75) is 6.92 Å². The van der Waals surface area contributed by atoms with E-state index in [0.717, 1.165) is 32.5 Å².